The summed E-state index contributed by atoms with van der Waals surface area (Å²) in [5.41, 5.74) is 1.09. The number of hydrogen-bond donors (Lipinski definition) is 0. The van der Waals surface area contributed by atoms with Gasteiger partial charge in [-0.2, -0.15) is 5.26 Å². The Bertz CT molecular complexity index is 428. The van der Waals surface area contributed by atoms with Crippen LogP contribution in [0.4, 0.5) is 5.82 Å². The van der Waals surface area contributed by atoms with Crippen molar-refractivity contribution in [2.45, 2.75) is 19.8 Å². The van der Waals surface area contributed by atoms with Crippen molar-refractivity contribution in [3.05, 3.63) is 17.6 Å². The summed E-state index contributed by atoms with van der Waals surface area (Å²) in [6, 6.07) is 1.98. The summed E-state index contributed by atoms with van der Waals surface area (Å²) in [7, 11) is 3.71. The normalized spacial score (nSPS) is 10.8. The van der Waals surface area contributed by atoms with Gasteiger partial charge in [0.05, 0.1) is 18.2 Å². The average molecular weight is 217 g/mol. The molecule has 0 bridgehead atoms. The monoisotopic (exact) mass is 217 g/mol. The van der Waals surface area contributed by atoms with E-state index in [1.165, 1.54) is 0 Å². The smallest absolute Gasteiger partial charge is 0.190 e. The molecule has 0 aromatic carbocycles. The first-order chi connectivity index (χ1) is 7.54. The van der Waals surface area contributed by atoms with Crippen LogP contribution >= 0.6 is 0 Å². The highest BCUT2D eigenvalue weighted by Gasteiger charge is 2.08. The van der Waals surface area contributed by atoms with Crippen molar-refractivity contribution in [1.29, 1.82) is 5.26 Å². The topological polar surface area (TPSA) is 65.2 Å². The molecule has 0 unspecified atom stereocenters. The molecule has 0 saturated carbocycles. The number of aliphatic imine (C=N–C) groups is 1. The van der Waals surface area contributed by atoms with Gasteiger partial charge in [-0.3, -0.25) is 0 Å². The molecule has 0 amide bonds. The lowest BCUT2D eigenvalue weighted by Gasteiger charge is -2.06. The lowest BCUT2D eigenvalue weighted by Crippen LogP contribution is -2.07. The minimum Gasteiger partial charge on any atom is -0.369 e. The Labute approximate surface area is 95.5 Å². The highest BCUT2D eigenvalue weighted by Crippen LogP contribution is 2.17. The minimum atomic E-state index is 0.252. The maximum absolute atomic E-state index is 8.87. The number of rotatable bonds is 3. The number of aromatic nitrogens is 2. The molecule has 1 aromatic heterocycles. The van der Waals surface area contributed by atoms with E-state index >= 15 is 0 Å². The maximum Gasteiger partial charge on any atom is 0.190 e. The lowest BCUT2D eigenvalue weighted by molar-refractivity contribution is 0.642. The molecule has 0 aliphatic heterocycles. The molecule has 1 heterocycles. The third-order valence-corrected chi connectivity index (χ3v) is 1.88. The number of nitrogens with zero attached hydrogens (tertiary/aromatic N) is 5. The predicted molar refractivity (Wildman–Crippen MR) is 62.7 cm³/mol. The van der Waals surface area contributed by atoms with Crippen LogP contribution in [-0.4, -0.2) is 35.3 Å². The maximum atomic E-state index is 8.87. The summed E-state index contributed by atoms with van der Waals surface area (Å²) < 4.78 is 0. The highest BCUT2D eigenvalue weighted by molar-refractivity contribution is 5.61. The van der Waals surface area contributed by atoms with E-state index in [2.05, 4.69) is 15.0 Å². The second-order valence-corrected chi connectivity index (χ2v) is 3.94. The van der Waals surface area contributed by atoms with Crippen molar-refractivity contribution < 1.29 is 0 Å². The number of hydrogen-bond acceptors (Lipinski definition) is 4. The molecule has 5 heteroatoms. The fraction of sp³-hybridized carbons (Fsp3) is 0.455. The van der Waals surface area contributed by atoms with Crippen LogP contribution in [0.5, 0.6) is 0 Å². The minimum absolute atomic E-state index is 0.252. The first-order valence-electron chi connectivity index (χ1n) is 5.02. The van der Waals surface area contributed by atoms with E-state index in [1.807, 2.05) is 34.0 Å². The first kappa shape index (κ1) is 12.1. The summed E-state index contributed by atoms with van der Waals surface area (Å²) in [4.78, 5) is 14.3. The van der Waals surface area contributed by atoms with Crippen molar-refractivity contribution in [2.24, 2.45) is 4.99 Å². The van der Waals surface area contributed by atoms with Crippen molar-refractivity contribution in [3.63, 3.8) is 0 Å². The van der Waals surface area contributed by atoms with Gasteiger partial charge in [0, 0.05) is 14.1 Å². The van der Waals surface area contributed by atoms with Gasteiger partial charge in [0.15, 0.2) is 11.5 Å². The van der Waals surface area contributed by atoms with Crippen LogP contribution < -0.4 is 0 Å². The van der Waals surface area contributed by atoms with Crippen molar-refractivity contribution in [1.82, 2.24) is 14.9 Å². The van der Waals surface area contributed by atoms with Crippen LogP contribution in [0.2, 0.25) is 0 Å². The molecule has 0 aliphatic carbocycles. The van der Waals surface area contributed by atoms with E-state index in [-0.39, 0.29) is 11.6 Å². The van der Waals surface area contributed by atoms with Gasteiger partial charge in [-0.05, 0) is 5.92 Å². The van der Waals surface area contributed by atoms with Gasteiger partial charge >= 0.3 is 0 Å². The number of nitriles is 1. The summed E-state index contributed by atoms with van der Waals surface area (Å²) in [6.07, 6.45) is 3.23. The van der Waals surface area contributed by atoms with Crippen LogP contribution in [0, 0.1) is 11.3 Å². The largest absolute Gasteiger partial charge is 0.369 e. The fourth-order valence-corrected chi connectivity index (χ4v) is 1.01. The Morgan fingerprint density at radius 2 is 2.19 bits per heavy atom. The van der Waals surface area contributed by atoms with Gasteiger partial charge in [0.1, 0.15) is 6.07 Å². The first-order valence-corrected chi connectivity index (χ1v) is 5.02. The van der Waals surface area contributed by atoms with Gasteiger partial charge in [-0.1, -0.05) is 13.8 Å². The predicted octanol–water partition coefficient (Wildman–Crippen LogP) is 1.69. The third kappa shape index (κ3) is 3.02. The zero-order chi connectivity index (χ0) is 12.1. The van der Waals surface area contributed by atoms with Gasteiger partial charge in [-0.25, -0.2) is 15.0 Å². The summed E-state index contributed by atoms with van der Waals surface area (Å²) >= 11 is 0. The molecule has 16 heavy (non-hydrogen) atoms. The molecule has 0 N–H and O–H groups in total. The second-order valence-electron chi connectivity index (χ2n) is 3.94. The van der Waals surface area contributed by atoms with Crippen molar-refractivity contribution in [2.75, 3.05) is 14.1 Å². The Morgan fingerprint density at radius 1 is 1.50 bits per heavy atom. The van der Waals surface area contributed by atoms with Crippen LogP contribution in [-0.2, 0) is 0 Å². The zero-order valence-electron chi connectivity index (χ0n) is 9.97. The standard InChI is InChI=1S/C11H15N5/c1-8(2)10-6-13-9(5-12)11(15-10)14-7-16(3)4/h6-8H,1-4H3/b14-7-. The molecular weight excluding hydrogens is 202 g/mol. The molecule has 0 radical (unpaired) electrons. The SMILES string of the molecule is CC(C)c1cnc(C#N)c(/N=C\N(C)C)n1. The van der Waals surface area contributed by atoms with Gasteiger partial charge in [-0.15, -0.1) is 0 Å². The average Bonchev–Trinajstić information content (AvgIpc) is 2.25. The molecule has 0 fully saturated rings. The van der Waals surface area contributed by atoms with Gasteiger partial charge in [0.2, 0.25) is 0 Å². The second kappa shape index (κ2) is 5.21. The molecule has 84 valence electrons. The molecule has 0 spiro atoms. The van der Waals surface area contributed by atoms with Crippen LogP contribution in [0.1, 0.15) is 31.2 Å². The Hall–Kier alpha value is -1.96. The van der Waals surface area contributed by atoms with Crippen LogP contribution in [0.25, 0.3) is 0 Å². The van der Waals surface area contributed by atoms with Gasteiger partial charge < -0.3 is 4.90 Å². The molecule has 0 atom stereocenters. The quantitative estimate of drug-likeness (QED) is 0.571. The molecular formula is C11H15N5. The Kier molecular flexibility index (Phi) is 3.95. The van der Waals surface area contributed by atoms with E-state index in [0.717, 1.165) is 5.69 Å². The summed E-state index contributed by atoms with van der Waals surface area (Å²) in [6.45, 7) is 4.05. The molecule has 1 rings (SSSR count). The van der Waals surface area contributed by atoms with E-state index < -0.39 is 0 Å². The Morgan fingerprint density at radius 3 is 2.69 bits per heavy atom. The molecule has 1 aromatic rings. The van der Waals surface area contributed by atoms with Crippen molar-refractivity contribution in [3.8, 4) is 6.07 Å². The van der Waals surface area contributed by atoms with Gasteiger partial charge in [0.25, 0.3) is 0 Å². The summed E-state index contributed by atoms with van der Waals surface area (Å²) in [5.74, 6) is 0.649. The van der Waals surface area contributed by atoms with E-state index in [4.69, 9.17) is 5.26 Å². The van der Waals surface area contributed by atoms with Crippen LogP contribution in [0.3, 0.4) is 0 Å². The lowest BCUT2D eigenvalue weighted by atomic mass is 10.1. The fourth-order valence-electron chi connectivity index (χ4n) is 1.01. The van der Waals surface area contributed by atoms with Crippen molar-refractivity contribution >= 4 is 12.2 Å². The van der Waals surface area contributed by atoms with Crippen LogP contribution in [0.15, 0.2) is 11.2 Å². The molecule has 5 nitrogen and oxygen atoms in total. The van der Waals surface area contributed by atoms with E-state index in [9.17, 15) is 0 Å². The van der Waals surface area contributed by atoms with E-state index in [1.54, 1.807) is 17.4 Å². The Balaban J connectivity index is 3.13. The van der Waals surface area contributed by atoms with E-state index in [0.29, 0.717) is 5.82 Å². The third-order valence-electron chi connectivity index (χ3n) is 1.88. The highest BCUT2D eigenvalue weighted by atomic mass is 15.1. The molecule has 0 aliphatic rings. The summed E-state index contributed by atoms with van der Waals surface area (Å²) in [5, 5.41) is 8.87. The molecule has 0 saturated heterocycles. The zero-order valence-corrected chi connectivity index (χ0v) is 9.97.